The first-order valence-corrected chi connectivity index (χ1v) is 5.74. The molecule has 1 aromatic rings. The van der Waals surface area contributed by atoms with Gasteiger partial charge < -0.3 is 9.47 Å². The summed E-state index contributed by atoms with van der Waals surface area (Å²) in [6.45, 7) is -2.14. The zero-order chi connectivity index (χ0) is 15.2. The van der Waals surface area contributed by atoms with Crippen molar-refractivity contribution in [3.8, 4) is 5.75 Å². The second-order valence-corrected chi connectivity index (χ2v) is 4.08. The normalized spacial score (nSPS) is 11.7. The average molecular weight is 294 g/mol. The molecule has 0 spiro atoms. The molecule has 0 radical (unpaired) electrons. The molecule has 3 nitrogen and oxygen atoms in total. The number of halogens is 4. The maximum absolute atomic E-state index is 12.5. The van der Waals surface area contributed by atoms with E-state index >= 15 is 0 Å². The number of carbonyl (C=O) groups is 1. The van der Waals surface area contributed by atoms with Gasteiger partial charge in [-0.2, -0.15) is 8.78 Å². The van der Waals surface area contributed by atoms with Crippen LogP contribution >= 0.6 is 0 Å². The van der Waals surface area contributed by atoms with Crippen LogP contribution in [0.5, 0.6) is 5.75 Å². The Hall–Kier alpha value is -1.63. The molecule has 0 unspecified atom stereocenters. The van der Waals surface area contributed by atoms with E-state index in [0.29, 0.717) is 11.3 Å². The number of rotatable bonds is 8. The van der Waals surface area contributed by atoms with Crippen molar-refractivity contribution in [3.05, 3.63) is 29.8 Å². The van der Waals surface area contributed by atoms with Gasteiger partial charge in [0.15, 0.2) is 5.78 Å². The minimum atomic E-state index is -4.25. The molecule has 0 saturated carbocycles. The van der Waals surface area contributed by atoms with Gasteiger partial charge in [-0.1, -0.05) is 18.2 Å². The van der Waals surface area contributed by atoms with E-state index in [-0.39, 0.29) is 6.42 Å². The second-order valence-electron chi connectivity index (χ2n) is 4.08. The van der Waals surface area contributed by atoms with Crippen molar-refractivity contribution < 1.29 is 31.8 Å². The van der Waals surface area contributed by atoms with E-state index in [1.807, 2.05) is 0 Å². The van der Waals surface area contributed by atoms with Gasteiger partial charge in [-0.3, -0.25) is 4.79 Å². The summed E-state index contributed by atoms with van der Waals surface area (Å²) < 4.78 is 58.1. The SMILES string of the molecule is COc1ccccc1CC(=O)COCC(F)(F)C(F)F. The Balaban J connectivity index is 2.45. The van der Waals surface area contributed by atoms with Crippen LogP contribution in [0.25, 0.3) is 0 Å². The van der Waals surface area contributed by atoms with E-state index in [4.69, 9.17) is 4.74 Å². The molecule has 0 aliphatic heterocycles. The number of methoxy groups -OCH3 is 1. The summed E-state index contributed by atoms with van der Waals surface area (Å²) >= 11 is 0. The molecule has 0 aromatic heterocycles. The number of hydrogen-bond donors (Lipinski definition) is 0. The van der Waals surface area contributed by atoms with Crippen LogP contribution in [0.2, 0.25) is 0 Å². The van der Waals surface area contributed by atoms with E-state index in [1.165, 1.54) is 7.11 Å². The molecule has 0 amide bonds. The summed E-state index contributed by atoms with van der Waals surface area (Å²) in [6.07, 6.45) is -3.89. The molecule has 0 heterocycles. The Morgan fingerprint density at radius 1 is 1.30 bits per heavy atom. The van der Waals surface area contributed by atoms with Crippen molar-refractivity contribution in [1.82, 2.24) is 0 Å². The zero-order valence-electron chi connectivity index (χ0n) is 10.7. The fraction of sp³-hybridized carbons (Fsp3) is 0.462. The molecule has 0 aliphatic carbocycles. The quantitative estimate of drug-likeness (QED) is 0.692. The number of ketones is 1. The van der Waals surface area contributed by atoms with Crippen LogP contribution in [-0.4, -0.2) is 38.5 Å². The van der Waals surface area contributed by atoms with Crippen molar-refractivity contribution in [2.75, 3.05) is 20.3 Å². The molecule has 0 atom stereocenters. The van der Waals surface area contributed by atoms with Crippen molar-refractivity contribution in [1.29, 1.82) is 0 Å². The first kappa shape index (κ1) is 16.4. The summed E-state index contributed by atoms with van der Waals surface area (Å²) in [5.74, 6) is -4.26. The fourth-order valence-corrected chi connectivity index (χ4v) is 1.48. The van der Waals surface area contributed by atoms with E-state index in [1.54, 1.807) is 24.3 Å². The monoisotopic (exact) mass is 294 g/mol. The Kier molecular flexibility index (Phi) is 5.94. The minimum Gasteiger partial charge on any atom is -0.496 e. The smallest absolute Gasteiger partial charge is 0.330 e. The van der Waals surface area contributed by atoms with Crippen LogP contribution in [0, 0.1) is 0 Å². The molecule has 7 heteroatoms. The number of Topliss-reactive ketones (excluding diaryl/α,β-unsaturated/α-hetero) is 1. The third kappa shape index (κ3) is 4.80. The van der Waals surface area contributed by atoms with Crippen LogP contribution < -0.4 is 4.74 Å². The molecule has 1 rings (SSSR count). The number of para-hydroxylation sites is 1. The molecule has 112 valence electrons. The Morgan fingerprint density at radius 3 is 2.55 bits per heavy atom. The average Bonchev–Trinajstić information content (AvgIpc) is 2.39. The van der Waals surface area contributed by atoms with Gasteiger partial charge in [-0.25, -0.2) is 8.78 Å². The van der Waals surface area contributed by atoms with Crippen LogP contribution in [0.4, 0.5) is 17.6 Å². The summed E-state index contributed by atoms with van der Waals surface area (Å²) in [6, 6.07) is 6.70. The molecule has 0 saturated heterocycles. The Labute approximate surface area is 113 Å². The third-order valence-electron chi connectivity index (χ3n) is 2.46. The third-order valence-corrected chi connectivity index (χ3v) is 2.46. The molecule has 0 aliphatic rings. The molecule has 0 bridgehead atoms. The molecule has 0 N–H and O–H groups in total. The molecule has 0 fully saturated rings. The first-order chi connectivity index (χ1) is 9.36. The van der Waals surface area contributed by atoms with Gasteiger partial charge in [0.2, 0.25) is 0 Å². The predicted molar refractivity (Wildman–Crippen MR) is 63.5 cm³/mol. The lowest BCUT2D eigenvalue weighted by molar-refractivity contribution is -0.168. The predicted octanol–water partition coefficient (Wildman–Crippen LogP) is 2.72. The summed E-state index contributed by atoms with van der Waals surface area (Å²) in [4.78, 5) is 11.5. The highest BCUT2D eigenvalue weighted by Crippen LogP contribution is 2.23. The standard InChI is InChI=1S/C13H14F4O3/c1-19-11-5-3-2-4-9(11)6-10(18)7-20-8-13(16,17)12(14)15/h2-5,12H,6-8H2,1H3. The maximum Gasteiger partial charge on any atom is 0.330 e. The molecule has 1 aromatic carbocycles. The minimum absolute atomic E-state index is 0.0791. The number of alkyl halides is 4. The van der Waals surface area contributed by atoms with Gasteiger partial charge in [0, 0.05) is 12.0 Å². The van der Waals surface area contributed by atoms with Gasteiger partial charge in [0.25, 0.3) is 0 Å². The largest absolute Gasteiger partial charge is 0.496 e. The first-order valence-electron chi connectivity index (χ1n) is 5.74. The number of ether oxygens (including phenoxy) is 2. The van der Waals surface area contributed by atoms with E-state index in [9.17, 15) is 22.4 Å². The van der Waals surface area contributed by atoms with Gasteiger partial charge in [-0.05, 0) is 6.07 Å². The van der Waals surface area contributed by atoms with Crippen LogP contribution in [0.3, 0.4) is 0 Å². The summed E-state index contributed by atoms with van der Waals surface area (Å²) in [5, 5.41) is 0. The molecular weight excluding hydrogens is 280 g/mol. The van der Waals surface area contributed by atoms with Gasteiger partial charge in [0.05, 0.1) is 7.11 Å². The number of carbonyl (C=O) groups excluding carboxylic acids is 1. The molecule has 20 heavy (non-hydrogen) atoms. The van der Waals surface area contributed by atoms with Crippen LogP contribution in [0.15, 0.2) is 24.3 Å². The second kappa shape index (κ2) is 7.23. The highest BCUT2D eigenvalue weighted by molar-refractivity contribution is 5.82. The van der Waals surface area contributed by atoms with E-state index in [0.717, 1.165) is 0 Å². The van der Waals surface area contributed by atoms with Crippen molar-refractivity contribution >= 4 is 5.78 Å². The highest BCUT2D eigenvalue weighted by atomic mass is 19.3. The lowest BCUT2D eigenvalue weighted by atomic mass is 10.1. The van der Waals surface area contributed by atoms with E-state index < -0.39 is 31.3 Å². The van der Waals surface area contributed by atoms with Crippen LogP contribution in [0.1, 0.15) is 5.56 Å². The Bertz CT molecular complexity index is 449. The maximum atomic E-state index is 12.5. The van der Waals surface area contributed by atoms with Gasteiger partial charge >= 0.3 is 12.3 Å². The summed E-state index contributed by atoms with van der Waals surface area (Å²) in [7, 11) is 1.43. The number of benzene rings is 1. The van der Waals surface area contributed by atoms with E-state index in [2.05, 4.69) is 4.74 Å². The number of hydrogen-bond acceptors (Lipinski definition) is 3. The van der Waals surface area contributed by atoms with Gasteiger partial charge in [0.1, 0.15) is 19.0 Å². The van der Waals surface area contributed by atoms with Gasteiger partial charge in [-0.15, -0.1) is 0 Å². The summed E-state index contributed by atoms with van der Waals surface area (Å²) in [5.41, 5.74) is 0.573. The van der Waals surface area contributed by atoms with Crippen LogP contribution in [-0.2, 0) is 16.0 Å². The lowest BCUT2D eigenvalue weighted by Crippen LogP contribution is -2.33. The zero-order valence-corrected chi connectivity index (χ0v) is 10.7. The van der Waals surface area contributed by atoms with Crippen molar-refractivity contribution in [3.63, 3.8) is 0 Å². The molecular formula is C13H14F4O3. The fourth-order valence-electron chi connectivity index (χ4n) is 1.48. The highest BCUT2D eigenvalue weighted by Gasteiger charge is 2.41. The topological polar surface area (TPSA) is 35.5 Å². The van der Waals surface area contributed by atoms with Crippen molar-refractivity contribution in [2.24, 2.45) is 0 Å². The lowest BCUT2D eigenvalue weighted by Gasteiger charge is -2.14. The van der Waals surface area contributed by atoms with Crippen molar-refractivity contribution in [2.45, 2.75) is 18.8 Å². The Morgan fingerprint density at radius 2 is 1.95 bits per heavy atom.